The molecular weight excluding hydrogens is 334 g/mol. The molecule has 0 saturated carbocycles. The molecule has 0 aliphatic rings. The summed E-state index contributed by atoms with van der Waals surface area (Å²) in [5.74, 6) is -1.76. The molecule has 1 amide bonds. The molecule has 2 aromatic rings. The third kappa shape index (κ3) is 4.86. The smallest absolute Gasteiger partial charge is 0.322 e. The molecule has 0 saturated heterocycles. The number of nitrogens with zero attached hydrogens (tertiary/aromatic N) is 1. The Morgan fingerprint density at radius 1 is 1.08 bits per heavy atom. The number of rotatable bonds is 7. The summed E-state index contributed by atoms with van der Waals surface area (Å²) >= 11 is 0. The Kier molecular flexibility index (Phi) is 5.61. The summed E-state index contributed by atoms with van der Waals surface area (Å²) in [6, 6.07) is 10.3. The highest BCUT2D eigenvalue weighted by molar-refractivity contribution is 7.89. The van der Waals surface area contributed by atoms with Crippen LogP contribution in [0.15, 0.2) is 53.6 Å². The maximum absolute atomic E-state index is 12.2. The van der Waals surface area contributed by atoms with E-state index in [9.17, 15) is 18.0 Å². The van der Waals surface area contributed by atoms with Gasteiger partial charge < -0.3 is 10.4 Å². The van der Waals surface area contributed by atoms with Crippen molar-refractivity contribution < 1.29 is 23.1 Å². The van der Waals surface area contributed by atoms with E-state index in [1.807, 2.05) is 0 Å². The molecule has 0 bridgehead atoms. The van der Waals surface area contributed by atoms with E-state index in [-0.39, 0.29) is 17.0 Å². The minimum absolute atomic E-state index is 0.00628. The number of carboxylic acid groups (broad SMARTS) is 1. The van der Waals surface area contributed by atoms with Crippen LogP contribution < -0.4 is 10.0 Å². The first-order valence-corrected chi connectivity index (χ1v) is 8.36. The third-order valence-electron chi connectivity index (χ3n) is 3.00. The Balaban J connectivity index is 2.03. The van der Waals surface area contributed by atoms with Gasteiger partial charge in [0.25, 0.3) is 5.91 Å². The quantitative estimate of drug-likeness (QED) is 0.663. The van der Waals surface area contributed by atoms with E-state index in [4.69, 9.17) is 5.11 Å². The Labute approximate surface area is 138 Å². The van der Waals surface area contributed by atoms with Gasteiger partial charge in [0, 0.05) is 11.8 Å². The van der Waals surface area contributed by atoms with E-state index < -0.39 is 28.4 Å². The van der Waals surface area contributed by atoms with Gasteiger partial charge in [0.15, 0.2) is 0 Å². The van der Waals surface area contributed by atoms with Crippen molar-refractivity contribution in [1.29, 1.82) is 0 Å². The van der Waals surface area contributed by atoms with Crippen LogP contribution in [0.25, 0.3) is 0 Å². The number of amides is 1. The molecule has 0 fully saturated rings. The van der Waals surface area contributed by atoms with Crippen molar-refractivity contribution in [3.63, 3.8) is 0 Å². The minimum Gasteiger partial charge on any atom is -0.480 e. The van der Waals surface area contributed by atoms with Gasteiger partial charge in [0.2, 0.25) is 10.0 Å². The monoisotopic (exact) mass is 349 g/mol. The molecule has 3 N–H and O–H groups in total. The number of carboxylic acids is 1. The van der Waals surface area contributed by atoms with Crippen LogP contribution in [0.3, 0.4) is 0 Å². The average Bonchev–Trinajstić information content (AvgIpc) is 2.59. The van der Waals surface area contributed by atoms with Crippen molar-refractivity contribution in [2.75, 3.05) is 6.54 Å². The van der Waals surface area contributed by atoms with E-state index in [1.54, 1.807) is 24.4 Å². The van der Waals surface area contributed by atoms with Crippen LogP contribution in [-0.4, -0.2) is 36.9 Å². The lowest BCUT2D eigenvalue weighted by molar-refractivity contribution is -0.135. The summed E-state index contributed by atoms with van der Waals surface area (Å²) in [6.45, 7) is -0.464. The van der Waals surface area contributed by atoms with E-state index in [0.717, 1.165) is 0 Å². The largest absolute Gasteiger partial charge is 0.480 e. The molecule has 24 heavy (non-hydrogen) atoms. The zero-order chi connectivity index (χ0) is 17.6. The number of hydrogen-bond acceptors (Lipinski definition) is 5. The molecule has 0 aliphatic carbocycles. The normalized spacial score (nSPS) is 11.0. The maximum atomic E-state index is 12.2. The van der Waals surface area contributed by atoms with Crippen LogP contribution >= 0.6 is 0 Å². The number of aromatic nitrogens is 1. The predicted molar refractivity (Wildman–Crippen MR) is 84.7 cm³/mol. The molecule has 8 nitrogen and oxygen atoms in total. The van der Waals surface area contributed by atoms with Crippen LogP contribution in [0.2, 0.25) is 0 Å². The van der Waals surface area contributed by atoms with Crippen molar-refractivity contribution in [3.8, 4) is 0 Å². The molecule has 2 rings (SSSR count). The molecule has 0 radical (unpaired) electrons. The second kappa shape index (κ2) is 7.66. The fourth-order valence-corrected chi connectivity index (χ4v) is 2.80. The third-order valence-corrected chi connectivity index (χ3v) is 4.41. The number of pyridine rings is 1. The lowest BCUT2D eigenvalue weighted by Gasteiger charge is -2.07. The number of aliphatic carboxylic acids is 1. The van der Waals surface area contributed by atoms with Crippen LogP contribution in [0.1, 0.15) is 16.1 Å². The minimum atomic E-state index is -3.74. The fraction of sp³-hybridized carbons (Fsp3) is 0.133. The Morgan fingerprint density at radius 2 is 1.79 bits per heavy atom. The highest BCUT2D eigenvalue weighted by Gasteiger charge is 2.15. The molecule has 9 heteroatoms. The summed E-state index contributed by atoms with van der Waals surface area (Å²) < 4.78 is 26.8. The summed E-state index contributed by atoms with van der Waals surface area (Å²) in [6.07, 6.45) is 1.56. The van der Waals surface area contributed by atoms with Crippen molar-refractivity contribution in [1.82, 2.24) is 15.0 Å². The fourth-order valence-electron chi connectivity index (χ4n) is 1.80. The lowest BCUT2D eigenvalue weighted by Crippen LogP contribution is -2.29. The number of nitrogens with one attached hydrogen (secondary N) is 2. The van der Waals surface area contributed by atoms with Gasteiger partial charge in [-0.25, -0.2) is 13.1 Å². The Bertz CT molecular complexity index is 820. The van der Waals surface area contributed by atoms with Crippen LogP contribution in [0, 0.1) is 0 Å². The van der Waals surface area contributed by atoms with E-state index in [2.05, 4.69) is 15.0 Å². The average molecular weight is 349 g/mol. The molecule has 1 heterocycles. The second-order valence-corrected chi connectivity index (χ2v) is 6.51. The first-order chi connectivity index (χ1) is 11.4. The highest BCUT2D eigenvalue weighted by atomic mass is 32.2. The lowest BCUT2D eigenvalue weighted by atomic mass is 10.2. The summed E-state index contributed by atoms with van der Waals surface area (Å²) in [4.78, 5) is 26.1. The van der Waals surface area contributed by atoms with E-state index in [1.165, 1.54) is 24.3 Å². The molecule has 0 aliphatic heterocycles. The Hall–Kier alpha value is -2.78. The standard InChI is InChI=1S/C15H15N3O5S/c19-14(20)10-17-15(21)11-4-6-13(7-5-11)24(22,23)18-9-12-3-1-2-8-16-12/h1-8,18H,9-10H2,(H,17,21)(H,19,20). The van der Waals surface area contributed by atoms with Gasteiger partial charge >= 0.3 is 5.97 Å². The summed E-state index contributed by atoms with van der Waals surface area (Å²) in [5, 5.41) is 10.7. The maximum Gasteiger partial charge on any atom is 0.322 e. The highest BCUT2D eigenvalue weighted by Crippen LogP contribution is 2.11. The van der Waals surface area contributed by atoms with Gasteiger partial charge in [-0.05, 0) is 36.4 Å². The SMILES string of the molecule is O=C(O)CNC(=O)c1ccc(S(=O)(=O)NCc2ccccn2)cc1. The van der Waals surface area contributed by atoms with Crippen LogP contribution in [0.4, 0.5) is 0 Å². The van der Waals surface area contributed by atoms with E-state index in [0.29, 0.717) is 5.69 Å². The molecule has 1 aromatic carbocycles. The second-order valence-electron chi connectivity index (χ2n) is 4.75. The van der Waals surface area contributed by atoms with Crippen molar-refractivity contribution in [3.05, 3.63) is 59.9 Å². The predicted octanol–water partition coefficient (Wildman–Crippen LogP) is 0.374. The van der Waals surface area contributed by atoms with Gasteiger partial charge in [0.05, 0.1) is 17.1 Å². The summed E-state index contributed by atoms with van der Waals surface area (Å²) in [7, 11) is -3.74. The van der Waals surface area contributed by atoms with Gasteiger partial charge in [-0.3, -0.25) is 14.6 Å². The number of sulfonamides is 1. The number of hydrogen-bond donors (Lipinski definition) is 3. The van der Waals surface area contributed by atoms with Crippen molar-refractivity contribution in [2.45, 2.75) is 11.4 Å². The molecule has 0 spiro atoms. The zero-order valence-electron chi connectivity index (χ0n) is 12.5. The number of benzene rings is 1. The van der Waals surface area contributed by atoms with Gasteiger partial charge in [0.1, 0.15) is 6.54 Å². The van der Waals surface area contributed by atoms with Crippen LogP contribution in [-0.2, 0) is 21.4 Å². The summed E-state index contributed by atoms with van der Waals surface area (Å²) in [5.41, 5.74) is 0.741. The topological polar surface area (TPSA) is 125 Å². The molecular formula is C15H15N3O5S. The first kappa shape index (κ1) is 17.6. The number of carbonyl (C=O) groups excluding carboxylic acids is 1. The van der Waals surface area contributed by atoms with Gasteiger partial charge in [-0.15, -0.1) is 0 Å². The first-order valence-electron chi connectivity index (χ1n) is 6.88. The van der Waals surface area contributed by atoms with Gasteiger partial charge in [-0.1, -0.05) is 6.07 Å². The molecule has 0 atom stereocenters. The van der Waals surface area contributed by atoms with Crippen LogP contribution in [0.5, 0.6) is 0 Å². The molecule has 126 valence electrons. The van der Waals surface area contributed by atoms with Crippen molar-refractivity contribution >= 4 is 21.9 Å². The number of carbonyl (C=O) groups is 2. The van der Waals surface area contributed by atoms with Crippen molar-refractivity contribution in [2.24, 2.45) is 0 Å². The van der Waals surface area contributed by atoms with E-state index >= 15 is 0 Å². The molecule has 1 aromatic heterocycles. The zero-order valence-corrected chi connectivity index (χ0v) is 13.3. The van der Waals surface area contributed by atoms with Gasteiger partial charge in [-0.2, -0.15) is 0 Å². The Morgan fingerprint density at radius 3 is 2.38 bits per heavy atom. The molecule has 0 unspecified atom stereocenters.